The second-order valence-electron chi connectivity index (χ2n) is 2.18. The van der Waals surface area contributed by atoms with Crippen LogP contribution in [-0.4, -0.2) is 0 Å². The fourth-order valence-electron chi connectivity index (χ4n) is 0.849. The van der Waals surface area contributed by atoms with Crippen LogP contribution in [0.15, 0.2) is 18.2 Å². The van der Waals surface area contributed by atoms with Gasteiger partial charge in [-0.25, -0.2) is 0 Å². The molecule has 0 aliphatic heterocycles. The lowest BCUT2D eigenvalue weighted by Crippen LogP contribution is -1.86. The van der Waals surface area contributed by atoms with Crippen LogP contribution < -0.4 is 0 Å². The zero-order valence-electron chi connectivity index (χ0n) is 5.78. The van der Waals surface area contributed by atoms with E-state index in [1.165, 1.54) is 5.56 Å². The molecule has 0 aromatic heterocycles. The monoisotopic (exact) mass is 252 g/mol. The number of hydrogen-bond acceptors (Lipinski definition) is 0. The van der Waals surface area contributed by atoms with Gasteiger partial charge in [0.05, 0.1) is 0 Å². The van der Waals surface area contributed by atoms with Gasteiger partial charge < -0.3 is 0 Å². The Balaban J connectivity index is 3.06. The lowest BCUT2D eigenvalue weighted by Gasteiger charge is -2.02. The van der Waals surface area contributed by atoms with E-state index < -0.39 is 0 Å². The molecule has 3 heteroatoms. The van der Waals surface area contributed by atoms with Gasteiger partial charge in [0.2, 0.25) is 0 Å². The van der Waals surface area contributed by atoms with Crippen molar-refractivity contribution >= 4 is 39.1 Å². The first-order chi connectivity index (χ1) is 5.27. The van der Waals surface area contributed by atoms with Crippen LogP contribution in [0.3, 0.4) is 0 Å². The highest BCUT2D eigenvalue weighted by Crippen LogP contribution is 2.19. The van der Waals surface area contributed by atoms with Gasteiger partial charge in [0.25, 0.3) is 0 Å². The highest BCUT2D eigenvalue weighted by atomic mass is 79.9. The Labute approximate surface area is 84.6 Å². The van der Waals surface area contributed by atoms with Crippen molar-refractivity contribution in [3.63, 3.8) is 0 Å². The number of rotatable bonds is 2. The lowest BCUT2D eigenvalue weighted by molar-refractivity contribution is 1.28. The highest BCUT2D eigenvalue weighted by molar-refractivity contribution is 9.08. The summed E-state index contributed by atoms with van der Waals surface area (Å²) in [5.41, 5.74) is 2.29. The maximum atomic E-state index is 5.78. The van der Waals surface area contributed by atoms with Crippen LogP contribution in [0.25, 0.3) is 0 Å². The van der Waals surface area contributed by atoms with Crippen LogP contribution >= 0.6 is 39.1 Å². The molecule has 0 amide bonds. The van der Waals surface area contributed by atoms with Crippen molar-refractivity contribution in [2.75, 3.05) is 0 Å². The molecule has 0 radical (unpaired) electrons. The zero-order valence-corrected chi connectivity index (χ0v) is 8.88. The van der Waals surface area contributed by atoms with Crippen LogP contribution in [0.5, 0.6) is 0 Å². The summed E-state index contributed by atoms with van der Waals surface area (Å²) in [6.07, 6.45) is 0. The van der Waals surface area contributed by atoms with Crippen molar-refractivity contribution in [2.24, 2.45) is 0 Å². The van der Waals surface area contributed by atoms with Gasteiger partial charge in [-0.05, 0) is 23.3 Å². The fraction of sp³-hybridized carbons (Fsp3) is 0.250. The first-order valence-corrected chi connectivity index (χ1v) is 5.20. The third-order valence-electron chi connectivity index (χ3n) is 1.46. The van der Waals surface area contributed by atoms with Gasteiger partial charge in [0.15, 0.2) is 0 Å². The summed E-state index contributed by atoms with van der Waals surface area (Å²) in [6.45, 7) is 0. The molecule has 0 unspecified atom stereocenters. The van der Waals surface area contributed by atoms with E-state index in [0.717, 1.165) is 15.9 Å². The van der Waals surface area contributed by atoms with Gasteiger partial charge in [-0.3, -0.25) is 0 Å². The van der Waals surface area contributed by atoms with E-state index in [-0.39, 0.29) is 0 Å². The molecule has 0 spiro atoms. The minimum Gasteiger partial charge on any atom is -0.122 e. The summed E-state index contributed by atoms with van der Waals surface area (Å²) in [5, 5.41) is 1.57. The minimum absolute atomic E-state index is 0.515. The van der Waals surface area contributed by atoms with E-state index in [1.807, 2.05) is 18.2 Å². The first-order valence-electron chi connectivity index (χ1n) is 3.17. The molecule has 11 heavy (non-hydrogen) atoms. The quantitative estimate of drug-likeness (QED) is 0.700. The van der Waals surface area contributed by atoms with Gasteiger partial charge in [-0.2, -0.15) is 0 Å². The number of benzene rings is 1. The van der Waals surface area contributed by atoms with Crippen LogP contribution in [0.2, 0.25) is 5.02 Å². The Morgan fingerprint density at radius 3 is 2.55 bits per heavy atom. The van der Waals surface area contributed by atoms with E-state index in [2.05, 4.69) is 15.9 Å². The fourth-order valence-corrected chi connectivity index (χ4v) is 1.84. The number of hydrogen-bond donors (Lipinski definition) is 0. The maximum Gasteiger partial charge on any atom is 0.0477 e. The average Bonchev–Trinajstić information content (AvgIpc) is 2.04. The third kappa shape index (κ3) is 2.36. The molecule has 0 heterocycles. The second-order valence-corrected chi connectivity index (χ2v) is 3.44. The summed E-state index contributed by atoms with van der Waals surface area (Å²) < 4.78 is 0. The highest BCUT2D eigenvalue weighted by Gasteiger charge is 1.99. The average molecular weight is 254 g/mol. The van der Waals surface area contributed by atoms with Crippen molar-refractivity contribution in [1.82, 2.24) is 0 Å². The summed E-state index contributed by atoms with van der Waals surface area (Å²) in [6, 6.07) is 5.74. The smallest absolute Gasteiger partial charge is 0.0477 e. The van der Waals surface area contributed by atoms with Crippen molar-refractivity contribution in [2.45, 2.75) is 11.2 Å². The van der Waals surface area contributed by atoms with Crippen molar-refractivity contribution in [3.05, 3.63) is 34.3 Å². The van der Waals surface area contributed by atoms with Crippen LogP contribution in [0.4, 0.5) is 0 Å². The molecule has 0 aliphatic carbocycles. The zero-order chi connectivity index (χ0) is 8.27. The molecular formula is C8H7BrCl2. The molecule has 60 valence electrons. The SMILES string of the molecule is ClCc1cc(Cl)ccc1CBr. The molecule has 1 rings (SSSR count). The van der Waals surface area contributed by atoms with Gasteiger partial charge in [-0.1, -0.05) is 33.6 Å². The molecule has 0 nitrogen and oxygen atoms in total. The van der Waals surface area contributed by atoms with Crippen molar-refractivity contribution < 1.29 is 0 Å². The Morgan fingerprint density at radius 1 is 1.27 bits per heavy atom. The summed E-state index contributed by atoms with van der Waals surface area (Å²) in [4.78, 5) is 0. The predicted octanol–water partition coefficient (Wildman–Crippen LogP) is 3.97. The minimum atomic E-state index is 0.515. The van der Waals surface area contributed by atoms with Crippen LogP contribution in [0.1, 0.15) is 11.1 Å². The lowest BCUT2D eigenvalue weighted by atomic mass is 10.1. The molecule has 0 saturated carbocycles. The van der Waals surface area contributed by atoms with Crippen LogP contribution in [-0.2, 0) is 11.2 Å². The first kappa shape index (κ1) is 9.37. The topological polar surface area (TPSA) is 0 Å². The second kappa shape index (κ2) is 4.34. The molecule has 0 aliphatic rings. The Morgan fingerprint density at radius 2 is 2.00 bits per heavy atom. The summed E-state index contributed by atoms with van der Waals surface area (Å²) >= 11 is 14.9. The Bertz CT molecular complexity index is 248. The van der Waals surface area contributed by atoms with Crippen molar-refractivity contribution in [1.29, 1.82) is 0 Å². The van der Waals surface area contributed by atoms with E-state index in [4.69, 9.17) is 23.2 Å². The van der Waals surface area contributed by atoms with Gasteiger partial charge in [0.1, 0.15) is 0 Å². The maximum absolute atomic E-state index is 5.78. The molecule has 0 bridgehead atoms. The summed E-state index contributed by atoms with van der Waals surface area (Å²) in [7, 11) is 0. The van der Waals surface area contributed by atoms with E-state index in [1.54, 1.807) is 0 Å². The number of alkyl halides is 2. The molecule has 0 atom stereocenters. The number of halogens is 3. The van der Waals surface area contributed by atoms with Gasteiger partial charge >= 0.3 is 0 Å². The Hall–Kier alpha value is 0.280. The standard InChI is InChI=1S/C8H7BrCl2/c9-4-6-1-2-8(11)3-7(6)5-10/h1-3H,4-5H2. The van der Waals surface area contributed by atoms with Gasteiger partial charge in [0, 0.05) is 16.2 Å². The Kier molecular flexibility index (Phi) is 3.70. The normalized spacial score (nSPS) is 10.1. The van der Waals surface area contributed by atoms with E-state index >= 15 is 0 Å². The molecular weight excluding hydrogens is 247 g/mol. The van der Waals surface area contributed by atoms with Gasteiger partial charge in [-0.15, -0.1) is 11.6 Å². The van der Waals surface area contributed by atoms with E-state index in [0.29, 0.717) is 5.88 Å². The van der Waals surface area contributed by atoms with Crippen molar-refractivity contribution in [3.8, 4) is 0 Å². The van der Waals surface area contributed by atoms with Crippen LogP contribution in [0, 0.1) is 0 Å². The predicted molar refractivity (Wildman–Crippen MR) is 53.6 cm³/mol. The van der Waals surface area contributed by atoms with E-state index in [9.17, 15) is 0 Å². The largest absolute Gasteiger partial charge is 0.122 e. The molecule has 0 saturated heterocycles. The molecule has 1 aromatic carbocycles. The third-order valence-corrected chi connectivity index (χ3v) is 2.58. The molecule has 0 N–H and O–H groups in total. The summed E-state index contributed by atoms with van der Waals surface area (Å²) in [5.74, 6) is 0.515. The molecule has 0 fully saturated rings. The molecule has 1 aromatic rings.